The largest absolute Gasteiger partial charge is 0.376 e. The zero-order valence-electron chi connectivity index (χ0n) is 12.9. The van der Waals surface area contributed by atoms with Crippen LogP contribution in [0.3, 0.4) is 0 Å². The number of ether oxygens (including phenoxy) is 1. The molecule has 1 aliphatic heterocycles. The summed E-state index contributed by atoms with van der Waals surface area (Å²) in [6.45, 7) is 4.70. The molecule has 21 heavy (non-hydrogen) atoms. The Morgan fingerprint density at radius 2 is 2.05 bits per heavy atom. The zero-order valence-corrected chi connectivity index (χ0v) is 15.2. The Morgan fingerprint density at radius 3 is 2.67 bits per heavy atom. The van der Waals surface area contributed by atoms with E-state index < -0.39 is 0 Å². The van der Waals surface area contributed by atoms with E-state index in [4.69, 9.17) is 4.74 Å². The monoisotopic (exact) mass is 403 g/mol. The summed E-state index contributed by atoms with van der Waals surface area (Å²) in [6, 6.07) is 8.52. The molecule has 5 heteroatoms. The van der Waals surface area contributed by atoms with Crippen LogP contribution in [0.2, 0.25) is 0 Å². The molecule has 1 atom stereocenters. The van der Waals surface area contributed by atoms with Crippen molar-refractivity contribution in [3.05, 3.63) is 35.4 Å². The second kappa shape index (κ2) is 10.00. The van der Waals surface area contributed by atoms with Gasteiger partial charge in [-0.1, -0.05) is 31.2 Å². The minimum atomic E-state index is 0. The first-order valence-corrected chi connectivity index (χ1v) is 7.46. The Bertz CT molecular complexity index is 445. The third-order valence-electron chi connectivity index (χ3n) is 3.69. The van der Waals surface area contributed by atoms with Crippen molar-refractivity contribution in [3.8, 4) is 0 Å². The van der Waals surface area contributed by atoms with Gasteiger partial charge in [0.1, 0.15) is 0 Å². The van der Waals surface area contributed by atoms with E-state index in [0.717, 1.165) is 38.5 Å². The molecule has 0 saturated carbocycles. The highest BCUT2D eigenvalue weighted by Crippen LogP contribution is 2.11. The van der Waals surface area contributed by atoms with Crippen molar-refractivity contribution < 1.29 is 4.74 Å². The molecule has 0 aliphatic carbocycles. The topological polar surface area (TPSA) is 45.7 Å². The van der Waals surface area contributed by atoms with Gasteiger partial charge in [0, 0.05) is 26.7 Å². The fourth-order valence-corrected chi connectivity index (χ4v) is 2.49. The molecule has 4 nitrogen and oxygen atoms in total. The summed E-state index contributed by atoms with van der Waals surface area (Å²) in [4.78, 5) is 4.26. The number of nitrogens with zero attached hydrogens (tertiary/aromatic N) is 1. The van der Waals surface area contributed by atoms with Crippen molar-refractivity contribution in [2.75, 3.05) is 20.2 Å². The van der Waals surface area contributed by atoms with Crippen LogP contribution in [0, 0.1) is 0 Å². The normalized spacial score (nSPS) is 18.2. The summed E-state index contributed by atoms with van der Waals surface area (Å²) in [7, 11) is 1.80. The molecule has 0 radical (unpaired) electrons. The molecule has 1 fully saturated rings. The van der Waals surface area contributed by atoms with E-state index in [1.807, 2.05) is 0 Å². The maximum atomic E-state index is 5.60. The summed E-state index contributed by atoms with van der Waals surface area (Å²) >= 11 is 0. The van der Waals surface area contributed by atoms with Gasteiger partial charge in [-0.05, 0) is 30.4 Å². The van der Waals surface area contributed by atoms with Gasteiger partial charge in [0.15, 0.2) is 5.96 Å². The van der Waals surface area contributed by atoms with E-state index in [1.165, 1.54) is 17.5 Å². The molecule has 2 N–H and O–H groups in total. The Hall–Kier alpha value is -0.820. The lowest BCUT2D eigenvalue weighted by Crippen LogP contribution is -2.40. The van der Waals surface area contributed by atoms with Gasteiger partial charge in [-0.25, -0.2) is 0 Å². The first kappa shape index (κ1) is 18.2. The molecule has 1 aromatic carbocycles. The molecule has 0 bridgehead atoms. The number of rotatable bonds is 5. The molecule has 1 aliphatic rings. The van der Waals surface area contributed by atoms with Gasteiger partial charge in [-0.15, -0.1) is 24.0 Å². The molecule has 0 aromatic heterocycles. The summed E-state index contributed by atoms with van der Waals surface area (Å²) in [5.41, 5.74) is 2.71. The fourth-order valence-electron chi connectivity index (χ4n) is 2.49. The molecule has 1 saturated heterocycles. The number of hydrogen-bond acceptors (Lipinski definition) is 2. The van der Waals surface area contributed by atoms with Crippen molar-refractivity contribution in [3.63, 3.8) is 0 Å². The Morgan fingerprint density at radius 1 is 1.29 bits per heavy atom. The SMILES string of the molecule is CCc1ccccc1CNC(=NC)NCC1CCCO1.I. The van der Waals surface area contributed by atoms with Crippen molar-refractivity contribution in [2.45, 2.75) is 38.8 Å². The quantitative estimate of drug-likeness (QED) is 0.452. The molecular formula is C16H26IN3O. The number of aliphatic imine (C=N–C) groups is 1. The summed E-state index contributed by atoms with van der Waals surface area (Å²) in [6.07, 6.45) is 3.70. The second-order valence-electron chi connectivity index (χ2n) is 5.06. The third-order valence-corrected chi connectivity index (χ3v) is 3.69. The average molecular weight is 403 g/mol. The third kappa shape index (κ3) is 5.82. The van der Waals surface area contributed by atoms with Crippen LogP contribution in [0.4, 0.5) is 0 Å². The number of nitrogens with one attached hydrogen (secondary N) is 2. The van der Waals surface area contributed by atoms with Gasteiger partial charge in [0.05, 0.1) is 6.10 Å². The number of aryl methyl sites for hydroxylation is 1. The molecule has 2 rings (SSSR count). The Labute approximate surface area is 144 Å². The minimum Gasteiger partial charge on any atom is -0.376 e. The van der Waals surface area contributed by atoms with Gasteiger partial charge in [-0.2, -0.15) is 0 Å². The van der Waals surface area contributed by atoms with Gasteiger partial charge >= 0.3 is 0 Å². The fraction of sp³-hybridized carbons (Fsp3) is 0.562. The van der Waals surface area contributed by atoms with Gasteiger partial charge < -0.3 is 15.4 Å². The highest BCUT2D eigenvalue weighted by Gasteiger charge is 2.15. The highest BCUT2D eigenvalue weighted by atomic mass is 127. The van der Waals surface area contributed by atoms with E-state index >= 15 is 0 Å². The number of halogens is 1. The minimum absolute atomic E-state index is 0. The van der Waals surface area contributed by atoms with E-state index in [9.17, 15) is 0 Å². The van der Waals surface area contributed by atoms with Gasteiger partial charge in [0.2, 0.25) is 0 Å². The van der Waals surface area contributed by atoms with Crippen LogP contribution in [0.25, 0.3) is 0 Å². The van der Waals surface area contributed by atoms with Crippen LogP contribution in [0.5, 0.6) is 0 Å². The van der Waals surface area contributed by atoms with Crippen molar-refractivity contribution >= 4 is 29.9 Å². The Balaban J connectivity index is 0.00000220. The smallest absolute Gasteiger partial charge is 0.191 e. The predicted molar refractivity (Wildman–Crippen MR) is 98.4 cm³/mol. The lowest BCUT2D eigenvalue weighted by molar-refractivity contribution is 0.114. The van der Waals surface area contributed by atoms with E-state index in [2.05, 4.69) is 46.8 Å². The number of benzene rings is 1. The zero-order chi connectivity index (χ0) is 14.2. The summed E-state index contributed by atoms with van der Waals surface area (Å²) < 4.78 is 5.60. The van der Waals surface area contributed by atoms with Crippen LogP contribution in [0.1, 0.15) is 30.9 Å². The summed E-state index contributed by atoms with van der Waals surface area (Å²) in [5.74, 6) is 0.839. The second-order valence-corrected chi connectivity index (χ2v) is 5.06. The number of hydrogen-bond donors (Lipinski definition) is 2. The van der Waals surface area contributed by atoms with Crippen molar-refractivity contribution in [2.24, 2.45) is 4.99 Å². The molecule has 0 amide bonds. The highest BCUT2D eigenvalue weighted by molar-refractivity contribution is 14.0. The van der Waals surface area contributed by atoms with Crippen LogP contribution in [0.15, 0.2) is 29.3 Å². The van der Waals surface area contributed by atoms with Crippen LogP contribution in [-0.4, -0.2) is 32.3 Å². The van der Waals surface area contributed by atoms with Crippen LogP contribution >= 0.6 is 24.0 Å². The lowest BCUT2D eigenvalue weighted by atomic mass is 10.1. The molecular weight excluding hydrogens is 377 g/mol. The van der Waals surface area contributed by atoms with E-state index in [0.29, 0.717) is 6.10 Å². The van der Waals surface area contributed by atoms with Gasteiger partial charge in [-0.3, -0.25) is 4.99 Å². The van der Waals surface area contributed by atoms with Gasteiger partial charge in [0.25, 0.3) is 0 Å². The number of guanidine groups is 1. The first-order chi connectivity index (χ1) is 9.83. The Kier molecular flexibility index (Phi) is 8.68. The summed E-state index contributed by atoms with van der Waals surface area (Å²) in [5, 5.41) is 6.70. The molecule has 1 aromatic rings. The van der Waals surface area contributed by atoms with E-state index in [-0.39, 0.29) is 24.0 Å². The molecule has 118 valence electrons. The van der Waals surface area contributed by atoms with Crippen molar-refractivity contribution in [1.29, 1.82) is 0 Å². The maximum Gasteiger partial charge on any atom is 0.191 e. The first-order valence-electron chi connectivity index (χ1n) is 7.46. The van der Waals surface area contributed by atoms with Crippen LogP contribution < -0.4 is 10.6 Å². The molecule has 0 spiro atoms. The maximum absolute atomic E-state index is 5.60. The standard InChI is InChI=1S/C16H25N3O.HI/c1-3-13-7-4-5-8-14(13)11-18-16(17-2)19-12-15-9-6-10-20-15;/h4-5,7-8,15H,3,6,9-12H2,1-2H3,(H2,17,18,19);1H. The van der Waals surface area contributed by atoms with E-state index in [1.54, 1.807) is 7.05 Å². The lowest BCUT2D eigenvalue weighted by Gasteiger charge is -2.16. The molecule has 1 heterocycles. The average Bonchev–Trinajstić information content (AvgIpc) is 3.01. The van der Waals surface area contributed by atoms with Crippen LogP contribution in [-0.2, 0) is 17.7 Å². The predicted octanol–water partition coefficient (Wildman–Crippen LogP) is 2.71. The van der Waals surface area contributed by atoms with Crippen molar-refractivity contribution in [1.82, 2.24) is 10.6 Å². The molecule has 1 unspecified atom stereocenters.